The Labute approximate surface area is 99.0 Å². The van der Waals surface area contributed by atoms with Crippen molar-refractivity contribution >= 4 is 5.78 Å². The summed E-state index contributed by atoms with van der Waals surface area (Å²) in [5.74, 6) is 2.10. The number of carbonyl (C=O) groups is 1. The summed E-state index contributed by atoms with van der Waals surface area (Å²) in [6.45, 7) is 9.67. The van der Waals surface area contributed by atoms with Crippen LogP contribution in [0.4, 0.5) is 0 Å². The molecule has 3 aliphatic rings. The van der Waals surface area contributed by atoms with Gasteiger partial charge < -0.3 is 0 Å². The van der Waals surface area contributed by atoms with E-state index in [1.807, 2.05) is 0 Å². The lowest BCUT2D eigenvalue weighted by Crippen LogP contribution is -2.44. The molecule has 16 heavy (non-hydrogen) atoms. The molecule has 3 rings (SSSR count). The summed E-state index contributed by atoms with van der Waals surface area (Å²) in [5.41, 5.74) is 1.09. The lowest BCUT2D eigenvalue weighted by molar-refractivity contribution is -0.128. The first-order valence-corrected chi connectivity index (χ1v) is 6.80. The Kier molecular flexibility index (Phi) is 1.85. The summed E-state index contributed by atoms with van der Waals surface area (Å²) in [5, 5.41) is 0. The predicted octanol–water partition coefficient (Wildman–Crippen LogP) is 3.82. The van der Waals surface area contributed by atoms with Crippen LogP contribution in [0.1, 0.15) is 59.8 Å². The van der Waals surface area contributed by atoms with Gasteiger partial charge in [0.2, 0.25) is 0 Å². The van der Waals surface area contributed by atoms with Crippen molar-refractivity contribution in [3.63, 3.8) is 0 Å². The van der Waals surface area contributed by atoms with Crippen molar-refractivity contribution in [2.45, 2.75) is 59.8 Å². The van der Waals surface area contributed by atoms with Crippen LogP contribution < -0.4 is 0 Å². The van der Waals surface area contributed by atoms with Gasteiger partial charge in [-0.25, -0.2) is 0 Å². The molecule has 0 heterocycles. The van der Waals surface area contributed by atoms with Crippen molar-refractivity contribution in [3.05, 3.63) is 0 Å². The summed E-state index contributed by atoms with van der Waals surface area (Å²) in [7, 11) is 0. The Morgan fingerprint density at radius 1 is 1.12 bits per heavy atom. The van der Waals surface area contributed by atoms with Gasteiger partial charge in [-0.2, -0.15) is 0 Å². The first-order chi connectivity index (χ1) is 7.28. The molecule has 3 unspecified atom stereocenters. The molecule has 90 valence electrons. The molecule has 3 aliphatic carbocycles. The summed E-state index contributed by atoms with van der Waals surface area (Å²) < 4.78 is 0. The topological polar surface area (TPSA) is 17.1 Å². The maximum atomic E-state index is 12.0. The molecule has 1 heteroatoms. The Hall–Kier alpha value is -0.330. The highest BCUT2D eigenvalue weighted by Crippen LogP contribution is 2.74. The van der Waals surface area contributed by atoms with Crippen LogP contribution >= 0.6 is 0 Å². The van der Waals surface area contributed by atoms with Crippen molar-refractivity contribution < 1.29 is 4.79 Å². The van der Waals surface area contributed by atoms with E-state index in [1.165, 1.54) is 19.3 Å². The molecule has 0 aromatic rings. The minimum atomic E-state index is 0.329. The summed E-state index contributed by atoms with van der Waals surface area (Å²) >= 11 is 0. The van der Waals surface area contributed by atoms with E-state index in [2.05, 4.69) is 27.7 Å². The molecule has 3 atom stereocenters. The standard InChI is InChI=1S/C15H24O/c1-13(2)8-11-5-10-6-12(16)9-15(11,7-10)14(13,3)4/h10-11H,5-9H2,1-4H3. The summed E-state index contributed by atoms with van der Waals surface area (Å²) in [6, 6.07) is 0. The smallest absolute Gasteiger partial charge is 0.133 e. The number of hydrogen-bond donors (Lipinski definition) is 0. The van der Waals surface area contributed by atoms with Gasteiger partial charge in [-0.3, -0.25) is 4.79 Å². The molecule has 0 radical (unpaired) electrons. The van der Waals surface area contributed by atoms with Crippen LogP contribution in [0.5, 0.6) is 0 Å². The van der Waals surface area contributed by atoms with E-state index in [4.69, 9.17) is 0 Å². The fourth-order valence-corrected chi connectivity index (χ4v) is 5.32. The Bertz CT molecular complexity index is 352. The normalized spacial score (nSPS) is 48.1. The maximum absolute atomic E-state index is 12.0. The second-order valence-electron chi connectivity index (χ2n) is 7.79. The van der Waals surface area contributed by atoms with Crippen molar-refractivity contribution in [1.82, 2.24) is 0 Å². The third-order valence-electron chi connectivity index (χ3n) is 6.77. The van der Waals surface area contributed by atoms with E-state index < -0.39 is 0 Å². The molecule has 1 spiro atoms. The molecular weight excluding hydrogens is 196 g/mol. The third-order valence-corrected chi connectivity index (χ3v) is 6.77. The van der Waals surface area contributed by atoms with Crippen LogP contribution in [0.25, 0.3) is 0 Å². The van der Waals surface area contributed by atoms with E-state index in [1.54, 1.807) is 0 Å². The lowest BCUT2D eigenvalue weighted by Gasteiger charge is -2.49. The van der Waals surface area contributed by atoms with Crippen molar-refractivity contribution in [3.8, 4) is 0 Å². The second kappa shape index (κ2) is 2.73. The molecule has 3 fully saturated rings. The van der Waals surface area contributed by atoms with E-state index in [9.17, 15) is 4.79 Å². The van der Waals surface area contributed by atoms with Crippen LogP contribution in [-0.4, -0.2) is 5.78 Å². The highest BCUT2D eigenvalue weighted by Gasteiger charge is 2.67. The van der Waals surface area contributed by atoms with E-state index >= 15 is 0 Å². The van der Waals surface area contributed by atoms with Gasteiger partial charge in [0.1, 0.15) is 5.78 Å². The number of rotatable bonds is 0. The van der Waals surface area contributed by atoms with Gasteiger partial charge in [-0.05, 0) is 47.3 Å². The molecule has 0 N–H and O–H groups in total. The van der Waals surface area contributed by atoms with Gasteiger partial charge in [0.15, 0.2) is 0 Å². The molecular formula is C15H24O. The molecule has 0 aliphatic heterocycles. The number of Topliss-reactive ketones (excluding diaryl/α,β-unsaturated/α-hetero) is 1. The lowest BCUT2D eigenvalue weighted by atomic mass is 9.55. The molecule has 0 aromatic heterocycles. The second-order valence-corrected chi connectivity index (χ2v) is 7.79. The Morgan fingerprint density at radius 2 is 1.81 bits per heavy atom. The Balaban J connectivity index is 2.08. The number of fused-ring (bicyclic) bond motifs is 1. The highest BCUT2D eigenvalue weighted by molar-refractivity contribution is 5.81. The van der Waals surface area contributed by atoms with Gasteiger partial charge >= 0.3 is 0 Å². The largest absolute Gasteiger partial charge is 0.300 e. The minimum Gasteiger partial charge on any atom is -0.300 e. The first kappa shape index (κ1) is 10.8. The van der Waals surface area contributed by atoms with Gasteiger partial charge in [0.25, 0.3) is 0 Å². The average Bonchev–Trinajstić information content (AvgIpc) is 2.43. The first-order valence-electron chi connectivity index (χ1n) is 6.80. The minimum absolute atomic E-state index is 0.329. The zero-order valence-corrected chi connectivity index (χ0v) is 11.1. The van der Waals surface area contributed by atoms with Crippen LogP contribution in [0.3, 0.4) is 0 Å². The monoisotopic (exact) mass is 220 g/mol. The summed E-state index contributed by atoms with van der Waals surface area (Å²) in [6.07, 6.45) is 5.77. The number of ketones is 1. The summed E-state index contributed by atoms with van der Waals surface area (Å²) in [4.78, 5) is 12.0. The molecule has 0 aromatic carbocycles. The van der Waals surface area contributed by atoms with Crippen molar-refractivity contribution in [2.75, 3.05) is 0 Å². The number of hydrogen-bond acceptors (Lipinski definition) is 1. The van der Waals surface area contributed by atoms with E-state index in [-0.39, 0.29) is 0 Å². The van der Waals surface area contributed by atoms with E-state index in [0.29, 0.717) is 22.0 Å². The van der Waals surface area contributed by atoms with Gasteiger partial charge in [0, 0.05) is 12.8 Å². The molecule has 2 bridgehead atoms. The van der Waals surface area contributed by atoms with Gasteiger partial charge in [-0.15, -0.1) is 0 Å². The number of carbonyl (C=O) groups excluding carboxylic acids is 1. The molecule has 0 saturated heterocycles. The van der Waals surface area contributed by atoms with Crippen molar-refractivity contribution in [2.24, 2.45) is 28.1 Å². The highest BCUT2D eigenvalue weighted by atomic mass is 16.1. The van der Waals surface area contributed by atoms with Crippen LogP contribution in [0.2, 0.25) is 0 Å². The van der Waals surface area contributed by atoms with Crippen LogP contribution in [0.15, 0.2) is 0 Å². The molecule has 0 amide bonds. The average molecular weight is 220 g/mol. The van der Waals surface area contributed by atoms with E-state index in [0.717, 1.165) is 24.7 Å². The van der Waals surface area contributed by atoms with Gasteiger partial charge in [0.05, 0.1) is 0 Å². The zero-order chi connectivity index (χ0) is 11.8. The Morgan fingerprint density at radius 3 is 2.50 bits per heavy atom. The zero-order valence-electron chi connectivity index (χ0n) is 11.1. The van der Waals surface area contributed by atoms with Crippen LogP contribution in [0, 0.1) is 28.1 Å². The third kappa shape index (κ3) is 1.01. The van der Waals surface area contributed by atoms with Crippen molar-refractivity contribution in [1.29, 1.82) is 0 Å². The maximum Gasteiger partial charge on any atom is 0.133 e. The quantitative estimate of drug-likeness (QED) is 0.606. The van der Waals surface area contributed by atoms with Crippen LogP contribution in [-0.2, 0) is 4.79 Å². The predicted molar refractivity (Wildman–Crippen MR) is 65.1 cm³/mol. The fourth-order valence-electron chi connectivity index (χ4n) is 5.32. The SMILES string of the molecule is CC1(C)CC2CC3CC(=O)CC2(C3)C1(C)C. The molecule has 3 saturated carbocycles. The molecule has 1 nitrogen and oxygen atoms in total. The van der Waals surface area contributed by atoms with Gasteiger partial charge in [-0.1, -0.05) is 27.7 Å². The fraction of sp³-hybridized carbons (Fsp3) is 0.933.